The van der Waals surface area contributed by atoms with Gasteiger partial charge in [0.2, 0.25) is 11.8 Å². The van der Waals surface area contributed by atoms with Crippen molar-refractivity contribution >= 4 is 34.8 Å². The lowest BCUT2D eigenvalue weighted by Gasteiger charge is -2.36. The Kier molecular flexibility index (Phi) is 10.1. The lowest BCUT2D eigenvalue weighted by atomic mass is 9.97. The van der Waals surface area contributed by atoms with Gasteiger partial charge in [0.1, 0.15) is 23.7 Å². The Bertz CT molecular complexity index is 2450. The summed E-state index contributed by atoms with van der Waals surface area (Å²) < 4.78 is 9.54. The molecule has 0 radical (unpaired) electrons. The minimum absolute atomic E-state index is 0.104. The van der Waals surface area contributed by atoms with Gasteiger partial charge in [-0.2, -0.15) is 0 Å². The molecule has 2 bridgehead atoms. The normalized spacial score (nSPS) is 22.3. The Morgan fingerprint density at radius 3 is 2.03 bits per heavy atom. The number of alkyl carbamates (subject to hydrolysis) is 2. The van der Waals surface area contributed by atoms with Crippen molar-refractivity contribution in [1.82, 2.24) is 40.4 Å². The van der Waals surface area contributed by atoms with Crippen LogP contribution in [0.2, 0.25) is 0 Å². The monoisotopic (exact) mass is 812 g/mol. The fourth-order valence-corrected chi connectivity index (χ4v) is 9.85. The molecule has 2 aromatic heterocycles. The lowest BCUT2D eigenvalue weighted by Crippen LogP contribution is -2.51. The first-order chi connectivity index (χ1) is 28.9. The van der Waals surface area contributed by atoms with Gasteiger partial charge in [0.25, 0.3) is 0 Å². The van der Waals surface area contributed by atoms with Crippen LogP contribution in [0.15, 0.2) is 73.1 Å². The third kappa shape index (κ3) is 7.26. The smallest absolute Gasteiger partial charge is 0.407 e. The molecule has 3 unspecified atom stereocenters. The molecular formula is C46H52N8O6. The SMILES string of the molecule is COC(=O)N[C@@H](C)C(=O)N1C2CCC(C2)C1c1ncc(-c2ccc(-c3ccc4cc(-c5cnc([C@@H]6CC7(CC7)CN6C(=O)[C@@H](NC(=O)OC)C(C)C)[nH]5)ccc4c3)cc2)[nH]1. The molecule has 2 saturated carbocycles. The topological polar surface area (TPSA) is 175 Å². The quantitative estimate of drug-likeness (QED) is 0.112. The summed E-state index contributed by atoms with van der Waals surface area (Å²) >= 11 is 0. The highest BCUT2D eigenvalue weighted by atomic mass is 16.5. The van der Waals surface area contributed by atoms with E-state index in [-0.39, 0.29) is 41.3 Å². The number of carbonyl (C=O) groups is 4. The summed E-state index contributed by atoms with van der Waals surface area (Å²) in [6.45, 7) is 6.20. The summed E-state index contributed by atoms with van der Waals surface area (Å²) in [5.41, 5.74) is 6.08. The van der Waals surface area contributed by atoms with E-state index in [1.54, 1.807) is 6.92 Å². The Hall–Kier alpha value is -6.18. The van der Waals surface area contributed by atoms with Gasteiger partial charge in [-0.15, -0.1) is 0 Å². The summed E-state index contributed by atoms with van der Waals surface area (Å²) in [5, 5.41) is 7.59. The average molecular weight is 813 g/mol. The second-order valence-electron chi connectivity index (χ2n) is 17.5. The fraction of sp³-hybridized carbons (Fsp3) is 0.435. The second kappa shape index (κ2) is 15.4. The molecule has 14 nitrogen and oxygen atoms in total. The second-order valence-corrected chi connectivity index (χ2v) is 17.5. The van der Waals surface area contributed by atoms with E-state index in [1.165, 1.54) is 14.2 Å². The first-order valence-electron chi connectivity index (χ1n) is 21.0. The van der Waals surface area contributed by atoms with Crippen molar-refractivity contribution in [2.24, 2.45) is 17.3 Å². The predicted octanol–water partition coefficient (Wildman–Crippen LogP) is 7.52. The number of ether oxygens (including phenoxy) is 2. The average Bonchev–Trinajstić information content (AvgIpc) is 3.89. The maximum absolute atomic E-state index is 13.9. The number of rotatable bonds is 10. The molecule has 5 aromatic rings. The number of hydrogen-bond donors (Lipinski definition) is 4. The predicted molar refractivity (Wildman–Crippen MR) is 225 cm³/mol. The molecule has 4 aliphatic rings. The van der Waals surface area contributed by atoms with E-state index in [0.717, 1.165) is 94.6 Å². The van der Waals surface area contributed by atoms with Gasteiger partial charge in [0.05, 0.1) is 50.1 Å². The molecule has 2 aliphatic carbocycles. The van der Waals surface area contributed by atoms with Crippen LogP contribution in [0.3, 0.4) is 0 Å². The number of aromatic nitrogens is 4. The molecule has 60 heavy (non-hydrogen) atoms. The largest absolute Gasteiger partial charge is 0.453 e. The van der Waals surface area contributed by atoms with Gasteiger partial charge in [-0.1, -0.05) is 62.4 Å². The zero-order chi connectivity index (χ0) is 41.9. The number of fused-ring (bicyclic) bond motifs is 3. The molecular weight excluding hydrogens is 761 g/mol. The van der Waals surface area contributed by atoms with Gasteiger partial charge < -0.3 is 39.9 Å². The van der Waals surface area contributed by atoms with Crippen molar-refractivity contribution in [3.8, 4) is 33.6 Å². The number of H-pyrrole nitrogens is 2. The minimum Gasteiger partial charge on any atom is -0.453 e. The summed E-state index contributed by atoms with van der Waals surface area (Å²) in [7, 11) is 2.60. The number of nitrogens with one attached hydrogen (secondary N) is 4. The standard InChI is InChI=1S/C46H52N8O6/c1-25(2)38(52-45(58)60-5)43(56)53-24-46(16-17-46)21-37(53)40-47-23-36(50-40)32-13-12-30-18-29(10-11-31(30)19-32)27-6-8-28(9-7-27)35-22-48-41(51-35)39-33-14-15-34(20-33)54(39)42(55)26(3)49-44(57)59-4/h6-13,18-19,22-23,25-26,33-34,37-39H,14-17,20-21,24H2,1-5H3,(H,47,50)(H,48,51)(H,49,57)(H,52,58)/t26-,33?,34?,37-,38-,39?/m0/s1. The van der Waals surface area contributed by atoms with E-state index < -0.39 is 24.3 Å². The summed E-state index contributed by atoms with van der Waals surface area (Å²) in [5.74, 6) is 1.52. The number of hydrogen-bond acceptors (Lipinski definition) is 8. The van der Waals surface area contributed by atoms with E-state index in [0.29, 0.717) is 12.5 Å². The molecule has 2 saturated heterocycles. The number of likely N-dealkylation sites (tertiary alicyclic amines) is 2. The number of imidazole rings is 2. The minimum atomic E-state index is -0.700. The molecule has 312 valence electrons. The Morgan fingerprint density at radius 2 is 1.35 bits per heavy atom. The third-order valence-electron chi connectivity index (χ3n) is 13.3. The van der Waals surface area contributed by atoms with Crippen LogP contribution < -0.4 is 10.6 Å². The summed E-state index contributed by atoms with van der Waals surface area (Å²) in [6, 6.07) is 19.6. The van der Waals surface area contributed by atoms with Crippen LogP contribution in [-0.2, 0) is 19.1 Å². The number of aromatic amines is 2. The Morgan fingerprint density at radius 1 is 0.750 bits per heavy atom. The molecule has 6 atom stereocenters. The first kappa shape index (κ1) is 39.3. The number of piperidine rings is 1. The van der Waals surface area contributed by atoms with Crippen LogP contribution in [0.4, 0.5) is 9.59 Å². The molecule has 4 N–H and O–H groups in total. The molecule has 3 aromatic carbocycles. The fourth-order valence-electron chi connectivity index (χ4n) is 9.85. The van der Waals surface area contributed by atoms with Gasteiger partial charge in [-0.05, 0) is 102 Å². The highest BCUT2D eigenvalue weighted by molar-refractivity contribution is 5.91. The maximum atomic E-state index is 13.9. The van der Waals surface area contributed by atoms with Gasteiger partial charge >= 0.3 is 12.2 Å². The Balaban J connectivity index is 0.890. The van der Waals surface area contributed by atoms with Crippen molar-refractivity contribution in [2.45, 2.75) is 89.5 Å². The van der Waals surface area contributed by atoms with Crippen molar-refractivity contribution in [3.63, 3.8) is 0 Å². The van der Waals surface area contributed by atoms with Gasteiger partial charge in [0, 0.05) is 18.2 Å². The molecule has 4 amide bonds. The third-order valence-corrected chi connectivity index (χ3v) is 13.3. The lowest BCUT2D eigenvalue weighted by molar-refractivity contribution is -0.138. The van der Waals surface area contributed by atoms with Crippen LogP contribution in [0.5, 0.6) is 0 Å². The molecule has 4 heterocycles. The van der Waals surface area contributed by atoms with E-state index >= 15 is 0 Å². The number of methoxy groups -OCH3 is 2. The number of benzene rings is 3. The molecule has 14 heteroatoms. The van der Waals surface area contributed by atoms with Crippen molar-refractivity contribution in [1.29, 1.82) is 0 Å². The van der Waals surface area contributed by atoms with E-state index in [9.17, 15) is 19.2 Å². The van der Waals surface area contributed by atoms with Crippen LogP contribution >= 0.6 is 0 Å². The molecule has 4 fully saturated rings. The van der Waals surface area contributed by atoms with Gasteiger partial charge in [0.15, 0.2) is 0 Å². The van der Waals surface area contributed by atoms with E-state index in [2.05, 4.69) is 81.3 Å². The van der Waals surface area contributed by atoms with E-state index in [1.807, 2.05) is 36.0 Å². The molecule has 2 aliphatic heterocycles. The summed E-state index contributed by atoms with van der Waals surface area (Å²) in [4.78, 5) is 71.8. The zero-order valence-electron chi connectivity index (χ0n) is 34.7. The van der Waals surface area contributed by atoms with Gasteiger partial charge in [-0.25, -0.2) is 19.6 Å². The zero-order valence-corrected chi connectivity index (χ0v) is 34.7. The Labute approximate surface area is 348 Å². The highest BCUT2D eigenvalue weighted by Gasteiger charge is 2.55. The van der Waals surface area contributed by atoms with Crippen molar-refractivity contribution in [3.05, 3.63) is 84.7 Å². The highest BCUT2D eigenvalue weighted by Crippen LogP contribution is 2.58. The summed E-state index contributed by atoms with van der Waals surface area (Å²) in [6.07, 6.45) is 8.41. The van der Waals surface area contributed by atoms with Crippen LogP contribution in [-0.4, -0.2) is 92.6 Å². The molecule has 9 rings (SSSR count). The van der Waals surface area contributed by atoms with Gasteiger partial charge in [-0.3, -0.25) is 9.59 Å². The van der Waals surface area contributed by atoms with Crippen molar-refractivity contribution < 1.29 is 28.7 Å². The van der Waals surface area contributed by atoms with Crippen LogP contribution in [0.25, 0.3) is 44.4 Å². The van der Waals surface area contributed by atoms with E-state index in [4.69, 9.17) is 19.4 Å². The number of nitrogens with zero attached hydrogens (tertiary/aromatic N) is 4. The number of amides is 4. The maximum Gasteiger partial charge on any atom is 0.407 e. The van der Waals surface area contributed by atoms with Crippen molar-refractivity contribution in [2.75, 3.05) is 20.8 Å². The first-order valence-corrected chi connectivity index (χ1v) is 21.0. The molecule has 1 spiro atoms. The van der Waals surface area contributed by atoms with Crippen LogP contribution in [0.1, 0.15) is 83.0 Å². The van der Waals surface area contributed by atoms with Crippen LogP contribution in [0, 0.1) is 17.3 Å². The number of carbonyl (C=O) groups excluding carboxylic acids is 4.